The van der Waals surface area contributed by atoms with E-state index in [1.54, 1.807) is 38.1 Å². The zero-order chi connectivity index (χ0) is 41.1. The Morgan fingerprint density at radius 2 is 1.66 bits per heavy atom. The number of hydrogen-bond donors (Lipinski definition) is 4. The van der Waals surface area contributed by atoms with Crippen LogP contribution in [0.3, 0.4) is 0 Å². The molecule has 0 spiro atoms. The van der Waals surface area contributed by atoms with Crippen LogP contribution in [0.15, 0.2) is 82.8 Å². The molecule has 0 aromatic heterocycles. The second-order valence-electron chi connectivity index (χ2n) is 14.8. The van der Waals surface area contributed by atoms with Gasteiger partial charge in [0.1, 0.15) is 6.10 Å². The molecule has 2 heterocycles. The number of nitrogens with zero attached hydrogens (tertiary/aromatic N) is 2. The van der Waals surface area contributed by atoms with E-state index in [2.05, 4.69) is 27.4 Å². The standard InChI is InChI=1S/C42H57N5O9/c1-8-46-16-18-47(19-17-46)24-29-12-14-30(15-13-29)41(52)45-36-31-20-25(2)21-35(55-7)37(49)27(4)22-28(5)39(56-42(43)53)34(54-6)11-9-10-26(3)40(51)44-32(38(31)50)23-33(36)48/h9-15,22-23,25,27,34-35,37,39,49H,8,16-21,24H2,1-7H3,(H2,43,53)(H,44,51)(H,45,52)/b11-9-,26-10-,28-22-/t25-,27+,34-,35-,37+,39-/m1/s1. The van der Waals surface area contributed by atoms with Crippen LogP contribution in [0.25, 0.3) is 0 Å². The number of likely N-dealkylation sites (N-methyl/N-ethyl adjacent to an activating group) is 1. The smallest absolute Gasteiger partial charge is 0.405 e. The Balaban J connectivity index is 1.64. The topological polar surface area (TPSA) is 190 Å². The fourth-order valence-corrected chi connectivity index (χ4v) is 7.19. The maximum absolute atomic E-state index is 14.1. The summed E-state index contributed by atoms with van der Waals surface area (Å²) in [5, 5.41) is 16.7. The minimum atomic E-state index is -1.04. The molecule has 1 saturated heterocycles. The lowest BCUT2D eigenvalue weighted by Gasteiger charge is -2.34. The summed E-state index contributed by atoms with van der Waals surface area (Å²) in [6, 6.07) is 7.18. The number of amides is 3. The molecule has 0 radical (unpaired) electrons. The van der Waals surface area contributed by atoms with Gasteiger partial charge < -0.3 is 40.6 Å². The van der Waals surface area contributed by atoms with E-state index in [0.717, 1.165) is 50.9 Å². The maximum Gasteiger partial charge on any atom is 0.405 e. The number of methoxy groups -OCH3 is 2. The van der Waals surface area contributed by atoms with E-state index in [0.29, 0.717) is 11.1 Å². The van der Waals surface area contributed by atoms with Crippen LogP contribution in [-0.2, 0) is 35.1 Å². The van der Waals surface area contributed by atoms with E-state index in [4.69, 9.17) is 19.9 Å². The zero-order valence-corrected chi connectivity index (χ0v) is 33.5. The molecule has 0 saturated carbocycles. The highest BCUT2D eigenvalue weighted by atomic mass is 16.6. The number of ketones is 2. The normalized spacial score (nSPS) is 29.0. The van der Waals surface area contributed by atoms with Crippen molar-refractivity contribution in [2.75, 3.05) is 46.9 Å². The molecule has 6 atom stereocenters. The molecule has 304 valence electrons. The number of piperazine rings is 1. The molecule has 3 amide bonds. The number of benzene rings is 1. The number of allylic oxidation sites excluding steroid dienone is 4. The van der Waals surface area contributed by atoms with Gasteiger partial charge in [0, 0.05) is 75.6 Å². The van der Waals surface area contributed by atoms with E-state index < -0.39 is 59.8 Å². The molecule has 3 aliphatic rings. The quantitative estimate of drug-likeness (QED) is 0.224. The average Bonchev–Trinajstić information content (AvgIpc) is 3.17. The number of aliphatic hydroxyl groups is 1. The molecule has 4 rings (SSSR count). The number of rotatable bonds is 8. The third-order valence-corrected chi connectivity index (χ3v) is 10.6. The summed E-state index contributed by atoms with van der Waals surface area (Å²) in [6.07, 6.45) is 3.07. The number of carbonyl (C=O) groups is 5. The fourth-order valence-electron chi connectivity index (χ4n) is 7.19. The van der Waals surface area contributed by atoms with Crippen LogP contribution >= 0.6 is 0 Å². The van der Waals surface area contributed by atoms with Gasteiger partial charge in [-0.25, -0.2) is 4.79 Å². The van der Waals surface area contributed by atoms with Gasteiger partial charge in [-0.3, -0.25) is 24.1 Å². The minimum absolute atomic E-state index is 0.0229. The lowest BCUT2D eigenvalue weighted by atomic mass is 9.85. The average molecular weight is 776 g/mol. The number of fused-ring (bicyclic) bond motifs is 2. The van der Waals surface area contributed by atoms with E-state index in [-0.39, 0.29) is 41.3 Å². The lowest BCUT2D eigenvalue weighted by Crippen LogP contribution is -2.45. The zero-order valence-electron chi connectivity index (χ0n) is 33.5. The van der Waals surface area contributed by atoms with Crippen molar-refractivity contribution < 1.29 is 43.3 Å². The molecule has 14 nitrogen and oxygen atoms in total. The predicted octanol–water partition coefficient (Wildman–Crippen LogP) is 3.33. The number of aliphatic hydroxyl groups excluding tert-OH is 1. The molecular weight excluding hydrogens is 718 g/mol. The van der Waals surface area contributed by atoms with Gasteiger partial charge in [0.15, 0.2) is 6.10 Å². The Hall–Kier alpha value is -4.73. The van der Waals surface area contributed by atoms with E-state index in [1.807, 2.05) is 19.1 Å². The van der Waals surface area contributed by atoms with Crippen molar-refractivity contribution in [2.45, 2.75) is 78.4 Å². The summed E-state index contributed by atoms with van der Waals surface area (Å²) in [7, 11) is 2.89. The minimum Gasteiger partial charge on any atom is -0.439 e. The van der Waals surface area contributed by atoms with Crippen molar-refractivity contribution in [2.24, 2.45) is 17.6 Å². The molecule has 1 aliphatic carbocycles. The van der Waals surface area contributed by atoms with Crippen molar-refractivity contribution in [1.82, 2.24) is 20.4 Å². The van der Waals surface area contributed by atoms with Crippen molar-refractivity contribution >= 4 is 29.5 Å². The van der Waals surface area contributed by atoms with Crippen LogP contribution in [-0.4, -0.2) is 116 Å². The van der Waals surface area contributed by atoms with Gasteiger partial charge in [-0.2, -0.15) is 0 Å². The van der Waals surface area contributed by atoms with Gasteiger partial charge in [0.2, 0.25) is 11.6 Å². The van der Waals surface area contributed by atoms with Crippen molar-refractivity contribution in [1.29, 1.82) is 0 Å². The van der Waals surface area contributed by atoms with Crippen molar-refractivity contribution in [3.63, 3.8) is 0 Å². The second kappa shape index (κ2) is 20.4. The first-order valence-corrected chi connectivity index (χ1v) is 19.1. The highest BCUT2D eigenvalue weighted by Gasteiger charge is 2.34. The SMILES string of the molecule is CCN1CCN(Cc2ccc(C(=O)NC3=C4C[C@@H](C)C[C@@H](OC)[C@@H](O)[C@@H](C)/C=C(/C)[C@@H](OC(N)=O)[C@H](OC)/C=C\C=C(\C)C(=O)NC(=CC3=O)C4=O)cc2)CC1. The van der Waals surface area contributed by atoms with Gasteiger partial charge >= 0.3 is 6.09 Å². The first-order valence-electron chi connectivity index (χ1n) is 19.1. The molecule has 2 bridgehead atoms. The van der Waals surface area contributed by atoms with Crippen LogP contribution in [0.4, 0.5) is 4.79 Å². The van der Waals surface area contributed by atoms with Crippen LogP contribution in [0.1, 0.15) is 63.4 Å². The molecule has 5 N–H and O–H groups in total. The van der Waals surface area contributed by atoms with E-state index in [1.165, 1.54) is 33.3 Å². The molecule has 56 heavy (non-hydrogen) atoms. The molecule has 0 unspecified atom stereocenters. The monoisotopic (exact) mass is 775 g/mol. The van der Waals surface area contributed by atoms with Crippen molar-refractivity contribution in [3.8, 4) is 0 Å². The van der Waals surface area contributed by atoms with Crippen LogP contribution < -0.4 is 16.4 Å². The lowest BCUT2D eigenvalue weighted by molar-refractivity contribution is -0.120. The molecule has 1 aromatic carbocycles. The highest BCUT2D eigenvalue weighted by molar-refractivity contribution is 6.24. The summed E-state index contributed by atoms with van der Waals surface area (Å²) in [5.74, 6) is -3.31. The highest BCUT2D eigenvalue weighted by Crippen LogP contribution is 2.29. The van der Waals surface area contributed by atoms with Crippen molar-refractivity contribution in [3.05, 3.63) is 93.9 Å². The van der Waals surface area contributed by atoms with Gasteiger partial charge in [-0.05, 0) is 62.4 Å². The van der Waals surface area contributed by atoms with Gasteiger partial charge in [-0.15, -0.1) is 0 Å². The van der Waals surface area contributed by atoms with Crippen LogP contribution in [0.2, 0.25) is 0 Å². The third-order valence-electron chi connectivity index (χ3n) is 10.6. The van der Waals surface area contributed by atoms with Gasteiger partial charge in [0.25, 0.3) is 11.8 Å². The number of hydrogen-bond acceptors (Lipinski definition) is 11. The first-order chi connectivity index (χ1) is 26.6. The number of Topliss-reactive ketones (excluding diaryl/α,β-unsaturated/α-hetero) is 1. The fraction of sp³-hybridized carbons (Fsp3) is 0.500. The van der Waals surface area contributed by atoms with E-state index in [9.17, 15) is 29.1 Å². The molecule has 1 aromatic rings. The molecule has 1 fully saturated rings. The molecular formula is C42H57N5O9. The van der Waals surface area contributed by atoms with E-state index >= 15 is 0 Å². The number of nitrogens with one attached hydrogen (secondary N) is 2. The van der Waals surface area contributed by atoms with Gasteiger partial charge in [-0.1, -0.05) is 57.2 Å². The van der Waals surface area contributed by atoms with Gasteiger partial charge in [0.05, 0.1) is 23.6 Å². The summed E-state index contributed by atoms with van der Waals surface area (Å²) in [6.45, 7) is 14.8. The largest absolute Gasteiger partial charge is 0.439 e. The Bertz CT molecular complexity index is 1770. The molecule has 14 heteroatoms. The van der Waals surface area contributed by atoms with Crippen LogP contribution in [0, 0.1) is 11.8 Å². The molecule has 2 aliphatic heterocycles. The predicted molar refractivity (Wildman–Crippen MR) is 211 cm³/mol. The number of primary amides is 1. The summed E-state index contributed by atoms with van der Waals surface area (Å²) in [4.78, 5) is 71.3. The second-order valence-corrected chi connectivity index (χ2v) is 14.8. The summed E-state index contributed by atoms with van der Waals surface area (Å²) >= 11 is 0. The first kappa shape index (κ1) is 44.0. The number of ether oxygens (including phenoxy) is 3. The van der Waals surface area contributed by atoms with Crippen LogP contribution in [0.5, 0.6) is 0 Å². The maximum atomic E-state index is 14.1. The Morgan fingerprint density at radius 3 is 2.27 bits per heavy atom. The third kappa shape index (κ3) is 11.6. The number of carbonyl (C=O) groups excluding carboxylic acids is 5. The number of nitrogens with two attached hydrogens (primary N) is 1. The summed E-state index contributed by atoms with van der Waals surface area (Å²) < 4.78 is 16.7. The Kier molecular flexibility index (Phi) is 16.1. The summed E-state index contributed by atoms with van der Waals surface area (Å²) in [5.41, 5.74) is 7.14. The Labute approximate surface area is 329 Å². The Morgan fingerprint density at radius 1 is 1.00 bits per heavy atom.